The number of ether oxygens (including phenoxy) is 1. The number of hydrogen-bond donors (Lipinski definition) is 2. The summed E-state index contributed by atoms with van der Waals surface area (Å²) in [5.41, 5.74) is 9.40. The Hall–Kier alpha value is -2.33. The third kappa shape index (κ3) is 4.33. The molecule has 0 atom stereocenters. The van der Waals surface area contributed by atoms with Crippen molar-refractivity contribution in [1.29, 1.82) is 0 Å². The molecule has 0 bridgehead atoms. The van der Waals surface area contributed by atoms with Crippen LogP contribution in [0.3, 0.4) is 0 Å². The van der Waals surface area contributed by atoms with E-state index in [4.69, 9.17) is 10.5 Å². The molecule has 0 aliphatic carbocycles. The van der Waals surface area contributed by atoms with Crippen LogP contribution in [-0.2, 0) is 0 Å². The molecule has 2 aromatic carbocycles. The molecule has 0 aliphatic heterocycles. The molecule has 0 saturated carbocycles. The van der Waals surface area contributed by atoms with E-state index in [9.17, 15) is 4.79 Å². The number of hydrogen-bond acceptors (Lipinski definition) is 4. The topological polar surface area (TPSA) is 64.3 Å². The highest BCUT2D eigenvalue weighted by Gasteiger charge is 2.08. The summed E-state index contributed by atoms with van der Waals surface area (Å²) in [5.74, 6) is 0.656. The first-order valence-corrected chi connectivity index (χ1v) is 7.37. The SMILES string of the molecule is Cc1ccc(C(=O)COc2ccc(NCCN)cc2)cc1C. The van der Waals surface area contributed by atoms with Crippen LogP contribution in [0.1, 0.15) is 21.5 Å². The minimum atomic E-state index is -0.0200. The maximum atomic E-state index is 12.1. The molecule has 0 amide bonds. The fourth-order valence-electron chi connectivity index (χ4n) is 2.03. The summed E-state index contributed by atoms with van der Waals surface area (Å²) in [6.45, 7) is 5.38. The van der Waals surface area contributed by atoms with E-state index in [2.05, 4.69) is 5.32 Å². The maximum Gasteiger partial charge on any atom is 0.200 e. The van der Waals surface area contributed by atoms with Crippen molar-refractivity contribution < 1.29 is 9.53 Å². The number of carbonyl (C=O) groups is 1. The molecule has 0 spiro atoms. The lowest BCUT2D eigenvalue weighted by atomic mass is 10.0. The largest absolute Gasteiger partial charge is 0.485 e. The zero-order valence-electron chi connectivity index (χ0n) is 13.1. The molecule has 4 nitrogen and oxygen atoms in total. The van der Waals surface area contributed by atoms with Crippen LogP contribution in [-0.4, -0.2) is 25.5 Å². The summed E-state index contributed by atoms with van der Waals surface area (Å²) in [6.07, 6.45) is 0. The van der Waals surface area contributed by atoms with Crippen molar-refractivity contribution in [2.24, 2.45) is 5.73 Å². The Kier molecular flexibility index (Phi) is 5.55. The van der Waals surface area contributed by atoms with Crippen molar-refractivity contribution in [3.8, 4) is 5.75 Å². The Bertz CT molecular complexity index is 636. The van der Waals surface area contributed by atoms with E-state index in [1.165, 1.54) is 5.56 Å². The summed E-state index contributed by atoms with van der Waals surface area (Å²) in [5, 5.41) is 3.18. The van der Waals surface area contributed by atoms with Crippen molar-refractivity contribution in [1.82, 2.24) is 0 Å². The molecule has 0 unspecified atom stereocenters. The van der Waals surface area contributed by atoms with Crippen molar-refractivity contribution in [2.75, 3.05) is 25.0 Å². The highest BCUT2D eigenvalue weighted by atomic mass is 16.5. The zero-order valence-corrected chi connectivity index (χ0v) is 13.1. The molecular weight excluding hydrogens is 276 g/mol. The molecular formula is C18H22N2O2. The van der Waals surface area contributed by atoms with Gasteiger partial charge in [0.05, 0.1) is 0 Å². The highest BCUT2D eigenvalue weighted by Crippen LogP contribution is 2.16. The quantitative estimate of drug-likeness (QED) is 0.771. The Morgan fingerprint density at radius 1 is 1.09 bits per heavy atom. The molecule has 3 N–H and O–H groups in total. The van der Waals surface area contributed by atoms with Crippen molar-refractivity contribution in [3.63, 3.8) is 0 Å². The lowest BCUT2D eigenvalue weighted by Gasteiger charge is -2.09. The van der Waals surface area contributed by atoms with Gasteiger partial charge in [0, 0.05) is 24.3 Å². The summed E-state index contributed by atoms with van der Waals surface area (Å²) < 4.78 is 5.55. The molecule has 0 radical (unpaired) electrons. The van der Waals surface area contributed by atoms with E-state index in [-0.39, 0.29) is 12.4 Å². The van der Waals surface area contributed by atoms with Crippen LogP contribution in [0.4, 0.5) is 5.69 Å². The number of benzene rings is 2. The van der Waals surface area contributed by atoms with Gasteiger partial charge < -0.3 is 15.8 Å². The third-order valence-electron chi connectivity index (χ3n) is 3.53. The molecule has 22 heavy (non-hydrogen) atoms. The van der Waals surface area contributed by atoms with E-state index >= 15 is 0 Å². The highest BCUT2D eigenvalue weighted by molar-refractivity contribution is 5.97. The van der Waals surface area contributed by atoms with Crippen LogP contribution in [0.2, 0.25) is 0 Å². The minimum Gasteiger partial charge on any atom is -0.485 e. The van der Waals surface area contributed by atoms with E-state index in [1.807, 2.05) is 56.3 Å². The number of rotatable bonds is 7. The smallest absolute Gasteiger partial charge is 0.200 e. The fraction of sp³-hybridized carbons (Fsp3) is 0.278. The Morgan fingerprint density at radius 2 is 1.82 bits per heavy atom. The molecule has 2 rings (SSSR count). The number of nitrogens with two attached hydrogens (primary N) is 1. The van der Waals surface area contributed by atoms with Gasteiger partial charge in [0.25, 0.3) is 0 Å². The molecule has 2 aromatic rings. The van der Waals surface area contributed by atoms with E-state index in [0.717, 1.165) is 17.8 Å². The molecule has 0 saturated heterocycles. The number of ketones is 1. The van der Waals surface area contributed by atoms with Crippen LogP contribution in [0, 0.1) is 13.8 Å². The van der Waals surface area contributed by atoms with Crippen molar-refractivity contribution in [2.45, 2.75) is 13.8 Å². The van der Waals surface area contributed by atoms with Gasteiger partial charge in [-0.25, -0.2) is 0 Å². The van der Waals surface area contributed by atoms with Gasteiger partial charge in [-0.05, 0) is 55.3 Å². The van der Waals surface area contributed by atoms with E-state index < -0.39 is 0 Å². The van der Waals surface area contributed by atoms with Gasteiger partial charge in [-0.2, -0.15) is 0 Å². The Morgan fingerprint density at radius 3 is 2.45 bits per heavy atom. The van der Waals surface area contributed by atoms with Crippen LogP contribution in [0.5, 0.6) is 5.75 Å². The minimum absolute atomic E-state index is 0.0200. The summed E-state index contributed by atoms with van der Waals surface area (Å²) in [6, 6.07) is 13.2. The van der Waals surface area contributed by atoms with Crippen LogP contribution in [0.15, 0.2) is 42.5 Å². The number of anilines is 1. The average Bonchev–Trinajstić information content (AvgIpc) is 2.54. The van der Waals surface area contributed by atoms with Crippen LogP contribution in [0.25, 0.3) is 0 Å². The van der Waals surface area contributed by atoms with Crippen molar-refractivity contribution in [3.05, 3.63) is 59.2 Å². The number of Topliss-reactive ketones (excluding diaryl/α,β-unsaturated/α-hetero) is 1. The van der Waals surface area contributed by atoms with E-state index in [1.54, 1.807) is 0 Å². The number of nitrogens with one attached hydrogen (secondary N) is 1. The van der Waals surface area contributed by atoms with Crippen LogP contribution >= 0.6 is 0 Å². The van der Waals surface area contributed by atoms with Crippen molar-refractivity contribution >= 4 is 11.5 Å². The molecule has 0 heterocycles. The van der Waals surface area contributed by atoms with Gasteiger partial charge in [-0.1, -0.05) is 12.1 Å². The summed E-state index contributed by atoms with van der Waals surface area (Å²) in [7, 11) is 0. The Labute approximate surface area is 131 Å². The zero-order chi connectivity index (χ0) is 15.9. The second-order valence-electron chi connectivity index (χ2n) is 5.25. The predicted molar refractivity (Wildman–Crippen MR) is 89.7 cm³/mol. The van der Waals surface area contributed by atoms with Gasteiger partial charge >= 0.3 is 0 Å². The normalized spacial score (nSPS) is 10.3. The van der Waals surface area contributed by atoms with Gasteiger partial charge in [0.2, 0.25) is 0 Å². The first kappa shape index (κ1) is 16.0. The number of aryl methyl sites for hydroxylation is 2. The molecule has 116 valence electrons. The van der Waals surface area contributed by atoms with Gasteiger partial charge in [-0.3, -0.25) is 4.79 Å². The van der Waals surface area contributed by atoms with Gasteiger partial charge in [0.15, 0.2) is 12.4 Å². The average molecular weight is 298 g/mol. The van der Waals surface area contributed by atoms with Gasteiger partial charge in [0.1, 0.15) is 5.75 Å². The lowest BCUT2D eigenvalue weighted by molar-refractivity contribution is 0.0921. The monoisotopic (exact) mass is 298 g/mol. The Balaban J connectivity index is 1.91. The standard InChI is InChI=1S/C18H22N2O2/c1-13-3-4-15(11-14(13)2)18(21)12-22-17-7-5-16(6-8-17)20-10-9-19/h3-8,11,20H,9-10,12,19H2,1-2H3. The molecule has 0 fully saturated rings. The second-order valence-corrected chi connectivity index (χ2v) is 5.25. The molecule has 0 aliphatic rings. The summed E-state index contributed by atoms with van der Waals surface area (Å²) in [4.78, 5) is 12.1. The molecule has 4 heteroatoms. The lowest BCUT2D eigenvalue weighted by Crippen LogP contribution is -2.13. The second kappa shape index (κ2) is 7.61. The fourth-order valence-corrected chi connectivity index (χ4v) is 2.03. The summed E-state index contributed by atoms with van der Waals surface area (Å²) >= 11 is 0. The first-order chi connectivity index (χ1) is 10.6. The van der Waals surface area contributed by atoms with Gasteiger partial charge in [-0.15, -0.1) is 0 Å². The number of carbonyl (C=O) groups excluding carboxylic acids is 1. The van der Waals surface area contributed by atoms with E-state index in [0.29, 0.717) is 17.9 Å². The maximum absolute atomic E-state index is 12.1. The van der Waals surface area contributed by atoms with Crippen LogP contribution < -0.4 is 15.8 Å². The molecule has 0 aromatic heterocycles. The third-order valence-corrected chi connectivity index (χ3v) is 3.53. The predicted octanol–water partition coefficient (Wildman–Crippen LogP) is 2.94. The first-order valence-electron chi connectivity index (χ1n) is 7.37.